The predicted molar refractivity (Wildman–Crippen MR) is 80.7 cm³/mol. The number of hydrogen-bond acceptors (Lipinski definition) is 4. The highest BCUT2D eigenvalue weighted by molar-refractivity contribution is 5.54. The smallest absolute Gasteiger partial charge is 0.276 e. The van der Waals surface area contributed by atoms with Crippen molar-refractivity contribution in [3.8, 4) is 5.75 Å². The van der Waals surface area contributed by atoms with Gasteiger partial charge in [0.2, 0.25) is 0 Å². The molecule has 1 aromatic carbocycles. The highest BCUT2D eigenvalue weighted by Gasteiger charge is 2.07. The number of nitrogens with two attached hydrogens (primary N) is 1. The molecule has 0 amide bonds. The van der Waals surface area contributed by atoms with Gasteiger partial charge in [0.25, 0.3) is 5.56 Å². The van der Waals surface area contributed by atoms with Gasteiger partial charge in [0.15, 0.2) is 0 Å². The maximum Gasteiger partial charge on any atom is 0.276 e. The van der Waals surface area contributed by atoms with Crippen molar-refractivity contribution in [3.63, 3.8) is 0 Å². The molecule has 0 fully saturated rings. The molecule has 0 aliphatic heterocycles. The standard InChI is InChI=1S/C15H16N4O2/c1-10-7-13-15(20)18(5-6-19(13)17-10)9-11-3-4-14(21-2)12(16)8-11/h3-8H,9,16H2,1-2H3. The Bertz CT molecular complexity index is 864. The van der Waals surface area contributed by atoms with E-state index in [2.05, 4.69) is 5.10 Å². The van der Waals surface area contributed by atoms with Gasteiger partial charge in [0.1, 0.15) is 11.3 Å². The van der Waals surface area contributed by atoms with Gasteiger partial charge >= 0.3 is 0 Å². The average molecular weight is 284 g/mol. The van der Waals surface area contributed by atoms with E-state index >= 15 is 0 Å². The number of methoxy groups -OCH3 is 1. The molecular weight excluding hydrogens is 268 g/mol. The summed E-state index contributed by atoms with van der Waals surface area (Å²) >= 11 is 0. The minimum atomic E-state index is -0.0764. The summed E-state index contributed by atoms with van der Waals surface area (Å²) < 4.78 is 8.36. The Balaban J connectivity index is 2.00. The zero-order valence-electron chi connectivity index (χ0n) is 11.9. The number of fused-ring (bicyclic) bond motifs is 1. The van der Waals surface area contributed by atoms with Crippen LogP contribution in [0.15, 0.2) is 41.5 Å². The van der Waals surface area contributed by atoms with Crippen LogP contribution >= 0.6 is 0 Å². The fraction of sp³-hybridized carbons (Fsp3) is 0.200. The Labute approximate surface area is 121 Å². The van der Waals surface area contributed by atoms with Crippen LogP contribution in [-0.4, -0.2) is 21.3 Å². The van der Waals surface area contributed by atoms with Gasteiger partial charge in [-0.2, -0.15) is 5.10 Å². The largest absolute Gasteiger partial charge is 0.495 e. The second-order valence-electron chi connectivity index (χ2n) is 4.92. The molecule has 6 heteroatoms. The van der Waals surface area contributed by atoms with E-state index in [1.54, 1.807) is 40.7 Å². The summed E-state index contributed by atoms with van der Waals surface area (Å²) in [5, 5.41) is 4.23. The van der Waals surface area contributed by atoms with Crippen molar-refractivity contribution in [3.05, 3.63) is 58.3 Å². The van der Waals surface area contributed by atoms with Crippen LogP contribution in [0.1, 0.15) is 11.3 Å². The van der Waals surface area contributed by atoms with Crippen LogP contribution in [0.25, 0.3) is 5.52 Å². The molecule has 0 spiro atoms. The lowest BCUT2D eigenvalue weighted by molar-refractivity contribution is 0.417. The van der Waals surface area contributed by atoms with E-state index in [1.165, 1.54) is 0 Å². The maximum atomic E-state index is 12.4. The molecule has 0 aliphatic rings. The second kappa shape index (κ2) is 4.97. The van der Waals surface area contributed by atoms with E-state index in [0.717, 1.165) is 11.3 Å². The molecule has 0 unspecified atom stereocenters. The fourth-order valence-corrected chi connectivity index (χ4v) is 2.35. The molecule has 2 heterocycles. The van der Waals surface area contributed by atoms with Crippen LogP contribution in [0.5, 0.6) is 5.75 Å². The van der Waals surface area contributed by atoms with Gasteiger partial charge in [0.05, 0.1) is 25.0 Å². The quantitative estimate of drug-likeness (QED) is 0.739. The van der Waals surface area contributed by atoms with Crippen LogP contribution in [0.2, 0.25) is 0 Å². The first-order chi connectivity index (χ1) is 10.1. The van der Waals surface area contributed by atoms with Crippen LogP contribution in [0.4, 0.5) is 5.69 Å². The number of anilines is 1. The van der Waals surface area contributed by atoms with Gasteiger partial charge in [0, 0.05) is 12.4 Å². The third-order valence-corrected chi connectivity index (χ3v) is 3.37. The highest BCUT2D eigenvalue weighted by atomic mass is 16.5. The summed E-state index contributed by atoms with van der Waals surface area (Å²) in [6, 6.07) is 7.29. The van der Waals surface area contributed by atoms with E-state index in [-0.39, 0.29) is 5.56 Å². The van der Waals surface area contributed by atoms with Crippen molar-refractivity contribution >= 4 is 11.2 Å². The zero-order valence-corrected chi connectivity index (χ0v) is 11.9. The molecule has 0 radical (unpaired) electrons. The summed E-state index contributed by atoms with van der Waals surface area (Å²) in [4.78, 5) is 12.4. The lowest BCUT2D eigenvalue weighted by Crippen LogP contribution is -2.21. The molecule has 6 nitrogen and oxygen atoms in total. The SMILES string of the molecule is COc1ccc(Cn2ccn3nc(C)cc3c2=O)cc1N. The predicted octanol–water partition coefficient (Wildman–Crippen LogP) is 1.44. The third kappa shape index (κ3) is 2.35. The van der Waals surface area contributed by atoms with Crippen LogP contribution in [-0.2, 0) is 6.54 Å². The Kier molecular flexibility index (Phi) is 3.13. The Hall–Kier alpha value is -2.76. The molecule has 2 aromatic heterocycles. The first-order valence-electron chi connectivity index (χ1n) is 6.56. The second-order valence-corrected chi connectivity index (χ2v) is 4.92. The average Bonchev–Trinajstić information content (AvgIpc) is 2.84. The Morgan fingerprint density at radius 2 is 2.10 bits per heavy atom. The van der Waals surface area contributed by atoms with E-state index in [4.69, 9.17) is 10.5 Å². The molecule has 3 rings (SSSR count). The molecule has 2 N–H and O–H groups in total. The molecule has 3 aromatic rings. The van der Waals surface area contributed by atoms with Crippen molar-refractivity contribution in [2.45, 2.75) is 13.5 Å². The fourth-order valence-electron chi connectivity index (χ4n) is 2.35. The molecule has 0 saturated heterocycles. The summed E-state index contributed by atoms with van der Waals surface area (Å²) in [6.07, 6.45) is 3.50. The third-order valence-electron chi connectivity index (χ3n) is 3.37. The van der Waals surface area contributed by atoms with Crippen molar-refractivity contribution in [1.29, 1.82) is 0 Å². The van der Waals surface area contributed by atoms with Crippen molar-refractivity contribution in [1.82, 2.24) is 14.2 Å². The van der Waals surface area contributed by atoms with Gasteiger partial charge in [-0.25, -0.2) is 4.52 Å². The maximum absolute atomic E-state index is 12.4. The van der Waals surface area contributed by atoms with Gasteiger partial charge < -0.3 is 15.0 Å². The number of nitrogen functional groups attached to an aromatic ring is 1. The number of benzene rings is 1. The first-order valence-corrected chi connectivity index (χ1v) is 6.56. The van der Waals surface area contributed by atoms with E-state index in [9.17, 15) is 4.79 Å². The van der Waals surface area contributed by atoms with Crippen molar-refractivity contribution in [2.24, 2.45) is 0 Å². The molecule has 0 aliphatic carbocycles. The molecule has 108 valence electrons. The molecule has 0 atom stereocenters. The van der Waals surface area contributed by atoms with Gasteiger partial charge in [-0.1, -0.05) is 6.07 Å². The van der Waals surface area contributed by atoms with Gasteiger partial charge in [-0.3, -0.25) is 4.79 Å². The lowest BCUT2D eigenvalue weighted by Gasteiger charge is -2.09. The van der Waals surface area contributed by atoms with E-state index in [1.807, 2.05) is 19.1 Å². The van der Waals surface area contributed by atoms with Crippen molar-refractivity contribution in [2.75, 3.05) is 12.8 Å². The topological polar surface area (TPSA) is 74.5 Å². The molecule has 0 saturated carbocycles. The number of ether oxygens (including phenoxy) is 1. The van der Waals surface area contributed by atoms with Gasteiger partial charge in [-0.05, 0) is 30.7 Å². The Morgan fingerprint density at radius 3 is 2.81 bits per heavy atom. The van der Waals surface area contributed by atoms with E-state index in [0.29, 0.717) is 23.5 Å². The molecular formula is C15H16N4O2. The number of aryl methyl sites for hydroxylation is 1. The minimum Gasteiger partial charge on any atom is -0.495 e. The zero-order chi connectivity index (χ0) is 15.0. The minimum absolute atomic E-state index is 0.0764. The van der Waals surface area contributed by atoms with Gasteiger partial charge in [-0.15, -0.1) is 0 Å². The summed E-state index contributed by atoms with van der Waals surface area (Å²) in [5.74, 6) is 0.632. The number of rotatable bonds is 3. The number of aromatic nitrogens is 3. The molecule has 0 bridgehead atoms. The normalized spacial score (nSPS) is 11.0. The first kappa shape index (κ1) is 13.2. The monoisotopic (exact) mass is 284 g/mol. The van der Waals surface area contributed by atoms with Crippen LogP contribution < -0.4 is 16.0 Å². The van der Waals surface area contributed by atoms with Crippen LogP contribution in [0.3, 0.4) is 0 Å². The number of hydrogen-bond donors (Lipinski definition) is 1. The Morgan fingerprint density at radius 1 is 1.29 bits per heavy atom. The highest BCUT2D eigenvalue weighted by Crippen LogP contribution is 2.22. The number of nitrogens with zero attached hydrogens (tertiary/aromatic N) is 3. The van der Waals surface area contributed by atoms with Crippen molar-refractivity contribution < 1.29 is 4.74 Å². The van der Waals surface area contributed by atoms with Crippen LogP contribution in [0, 0.1) is 6.92 Å². The lowest BCUT2D eigenvalue weighted by atomic mass is 10.2. The summed E-state index contributed by atoms with van der Waals surface area (Å²) in [7, 11) is 1.58. The summed E-state index contributed by atoms with van der Waals surface area (Å²) in [5.41, 5.74) is 8.70. The summed E-state index contributed by atoms with van der Waals surface area (Å²) in [6.45, 7) is 2.31. The molecule has 21 heavy (non-hydrogen) atoms. The van der Waals surface area contributed by atoms with E-state index < -0.39 is 0 Å².